The highest BCUT2D eigenvalue weighted by molar-refractivity contribution is 7.86. The van der Waals surface area contributed by atoms with E-state index in [0.29, 0.717) is 5.56 Å². The molecule has 0 aliphatic heterocycles. The molecule has 6 heteroatoms. The van der Waals surface area contributed by atoms with E-state index in [2.05, 4.69) is 10.2 Å². The zero-order chi connectivity index (χ0) is 10.1. The quantitative estimate of drug-likeness (QED) is 0.674. The van der Waals surface area contributed by atoms with E-state index in [9.17, 15) is 8.42 Å². The first-order valence-electron chi connectivity index (χ1n) is 3.40. The molecule has 0 fully saturated rings. The monoisotopic (exact) mass is 203 g/mol. The maximum Gasteiger partial charge on any atom is 0.313 e. The molecular formula is C7H9NO4S. The van der Waals surface area contributed by atoms with Gasteiger partial charge in [0.15, 0.2) is 0 Å². The lowest BCUT2D eigenvalue weighted by molar-refractivity contribution is 0.332. The zero-order valence-corrected chi connectivity index (χ0v) is 7.71. The van der Waals surface area contributed by atoms with Crippen molar-refractivity contribution in [2.24, 2.45) is 5.90 Å². The summed E-state index contributed by atoms with van der Waals surface area (Å²) >= 11 is 0. The van der Waals surface area contributed by atoms with Gasteiger partial charge in [-0.05, 0) is 18.6 Å². The van der Waals surface area contributed by atoms with Gasteiger partial charge >= 0.3 is 10.1 Å². The summed E-state index contributed by atoms with van der Waals surface area (Å²) in [4.78, 5) is -0.130. The molecule has 0 spiro atoms. The normalized spacial score (nSPS) is 11.5. The summed E-state index contributed by atoms with van der Waals surface area (Å²) in [5, 5.41) is 9.04. The van der Waals surface area contributed by atoms with Gasteiger partial charge in [0.25, 0.3) is 0 Å². The highest BCUT2D eigenvalue weighted by Gasteiger charge is 2.16. The molecule has 0 amide bonds. The van der Waals surface area contributed by atoms with Crippen molar-refractivity contribution in [3.63, 3.8) is 0 Å². The van der Waals surface area contributed by atoms with Crippen molar-refractivity contribution in [1.82, 2.24) is 0 Å². The third kappa shape index (κ3) is 1.97. The molecular weight excluding hydrogens is 194 g/mol. The Kier molecular flexibility index (Phi) is 2.55. The Morgan fingerprint density at radius 2 is 2.08 bits per heavy atom. The van der Waals surface area contributed by atoms with Crippen LogP contribution in [-0.2, 0) is 14.4 Å². The standard InChI is InChI=1S/C7H9NO4S/c1-5-2-3-6(9)4-7(5)13(10,11)12-8/h2-4,9H,8H2,1H3. The summed E-state index contributed by atoms with van der Waals surface area (Å²) in [6, 6.07) is 3.92. The van der Waals surface area contributed by atoms with E-state index in [1.165, 1.54) is 12.1 Å². The second-order valence-corrected chi connectivity index (χ2v) is 4.04. The van der Waals surface area contributed by atoms with Crippen LogP contribution in [0.5, 0.6) is 5.75 Å². The Morgan fingerprint density at radius 3 is 2.62 bits per heavy atom. The van der Waals surface area contributed by atoms with E-state index in [-0.39, 0.29) is 10.6 Å². The lowest BCUT2D eigenvalue weighted by Gasteiger charge is -2.04. The number of hydrogen-bond donors (Lipinski definition) is 2. The fourth-order valence-electron chi connectivity index (χ4n) is 0.910. The third-order valence-electron chi connectivity index (χ3n) is 1.57. The molecule has 0 unspecified atom stereocenters. The van der Waals surface area contributed by atoms with Gasteiger partial charge < -0.3 is 5.11 Å². The number of phenols is 1. The van der Waals surface area contributed by atoms with Gasteiger partial charge in [0, 0.05) is 6.07 Å². The molecule has 1 aromatic carbocycles. The zero-order valence-electron chi connectivity index (χ0n) is 6.89. The summed E-state index contributed by atoms with van der Waals surface area (Å²) in [5.74, 6) is 4.44. The summed E-state index contributed by atoms with van der Waals surface area (Å²) in [7, 11) is -3.93. The van der Waals surface area contributed by atoms with Gasteiger partial charge in [0.2, 0.25) is 0 Å². The summed E-state index contributed by atoms with van der Waals surface area (Å²) in [6.45, 7) is 1.57. The van der Waals surface area contributed by atoms with Crippen molar-refractivity contribution >= 4 is 10.1 Å². The molecule has 0 saturated heterocycles. The number of aryl methyl sites for hydroxylation is 1. The van der Waals surface area contributed by atoms with Crippen LogP contribution in [0, 0.1) is 6.92 Å². The lowest BCUT2D eigenvalue weighted by atomic mass is 10.2. The van der Waals surface area contributed by atoms with Crippen molar-refractivity contribution in [1.29, 1.82) is 0 Å². The number of phenolic OH excluding ortho intramolecular Hbond substituents is 1. The van der Waals surface area contributed by atoms with Crippen LogP contribution in [0.2, 0.25) is 0 Å². The van der Waals surface area contributed by atoms with E-state index < -0.39 is 10.1 Å². The lowest BCUT2D eigenvalue weighted by Crippen LogP contribution is -2.12. The SMILES string of the molecule is Cc1ccc(O)cc1S(=O)(=O)ON. The molecule has 3 N–H and O–H groups in total. The van der Waals surface area contributed by atoms with E-state index >= 15 is 0 Å². The van der Waals surface area contributed by atoms with Crippen LogP contribution in [0.3, 0.4) is 0 Å². The fraction of sp³-hybridized carbons (Fsp3) is 0.143. The van der Waals surface area contributed by atoms with Crippen LogP contribution in [-0.4, -0.2) is 13.5 Å². The Hall–Kier alpha value is -1.11. The predicted octanol–water partition coefficient (Wildman–Crippen LogP) is 0.280. The smallest absolute Gasteiger partial charge is 0.313 e. The van der Waals surface area contributed by atoms with Gasteiger partial charge in [-0.15, -0.1) is 0 Å². The molecule has 1 aromatic rings. The molecule has 1 rings (SSSR count). The van der Waals surface area contributed by atoms with Crippen LogP contribution in [0.1, 0.15) is 5.56 Å². The van der Waals surface area contributed by atoms with Gasteiger partial charge in [-0.2, -0.15) is 18.6 Å². The minimum Gasteiger partial charge on any atom is -0.508 e. The molecule has 13 heavy (non-hydrogen) atoms. The molecule has 0 atom stereocenters. The van der Waals surface area contributed by atoms with Crippen LogP contribution < -0.4 is 5.90 Å². The second kappa shape index (κ2) is 3.33. The number of aromatic hydroxyl groups is 1. The maximum atomic E-state index is 11.1. The van der Waals surface area contributed by atoms with Crippen molar-refractivity contribution in [3.8, 4) is 5.75 Å². The van der Waals surface area contributed by atoms with Gasteiger partial charge in [-0.25, -0.2) is 0 Å². The van der Waals surface area contributed by atoms with Gasteiger partial charge in [0.1, 0.15) is 10.6 Å². The van der Waals surface area contributed by atoms with E-state index in [0.717, 1.165) is 6.07 Å². The van der Waals surface area contributed by atoms with Crippen LogP contribution in [0.4, 0.5) is 0 Å². The first-order chi connectivity index (χ1) is 5.97. The first-order valence-corrected chi connectivity index (χ1v) is 4.81. The average molecular weight is 203 g/mol. The van der Waals surface area contributed by atoms with Gasteiger partial charge in [0.05, 0.1) is 0 Å². The molecule has 72 valence electrons. The largest absolute Gasteiger partial charge is 0.508 e. The Morgan fingerprint density at radius 1 is 1.46 bits per heavy atom. The van der Waals surface area contributed by atoms with E-state index in [1.54, 1.807) is 6.92 Å². The minimum atomic E-state index is -3.93. The number of benzene rings is 1. The highest BCUT2D eigenvalue weighted by Crippen LogP contribution is 2.21. The topological polar surface area (TPSA) is 89.6 Å². The van der Waals surface area contributed by atoms with Gasteiger partial charge in [-0.1, -0.05) is 6.07 Å². The van der Waals surface area contributed by atoms with Crippen LogP contribution in [0.15, 0.2) is 23.1 Å². The molecule has 0 aromatic heterocycles. The summed E-state index contributed by atoms with van der Waals surface area (Å²) in [5.41, 5.74) is 0.461. The summed E-state index contributed by atoms with van der Waals surface area (Å²) in [6.07, 6.45) is 0. The van der Waals surface area contributed by atoms with Crippen LogP contribution >= 0.6 is 0 Å². The molecule has 0 aliphatic carbocycles. The fourth-order valence-corrected chi connectivity index (χ4v) is 1.74. The molecule has 5 nitrogen and oxygen atoms in total. The average Bonchev–Trinajstić information content (AvgIpc) is 2.09. The molecule has 0 heterocycles. The molecule has 0 saturated carbocycles. The first kappa shape index (κ1) is 9.97. The van der Waals surface area contributed by atoms with Crippen molar-refractivity contribution < 1.29 is 17.8 Å². The van der Waals surface area contributed by atoms with Crippen molar-refractivity contribution in [2.45, 2.75) is 11.8 Å². The van der Waals surface area contributed by atoms with Crippen LogP contribution in [0.25, 0.3) is 0 Å². The third-order valence-corrected chi connectivity index (χ3v) is 2.80. The minimum absolute atomic E-state index is 0.130. The number of hydrogen-bond acceptors (Lipinski definition) is 5. The highest BCUT2D eigenvalue weighted by atomic mass is 32.2. The van der Waals surface area contributed by atoms with E-state index in [1.807, 2.05) is 0 Å². The molecule has 0 bridgehead atoms. The van der Waals surface area contributed by atoms with E-state index in [4.69, 9.17) is 5.11 Å². The molecule has 0 aliphatic rings. The number of nitrogens with two attached hydrogens (primary N) is 1. The number of rotatable bonds is 2. The van der Waals surface area contributed by atoms with Crippen molar-refractivity contribution in [2.75, 3.05) is 0 Å². The second-order valence-electron chi connectivity index (χ2n) is 2.50. The Labute approximate surface area is 75.8 Å². The molecule has 0 radical (unpaired) electrons. The van der Waals surface area contributed by atoms with Gasteiger partial charge in [-0.3, -0.25) is 0 Å². The Balaban J connectivity index is 3.38. The summed E-state index contributed by atoms with van der Waals surface area (Å²) < 4.78 is 26.1. The maximum absolute atomic E-state index is 11.1. The predicted molar refractivity (Wildman–Crippen MR) is 45.3 cm³/mol. The van der Waals surface area contributed by atoms with Crippen molar-refractivity contribution in [3.05, 3.63) is 23.8 Å². The Bertz CT molecular complexity index is 413.